The van der Waals surface area contributed by atoms with Crippen molar-refractivity contribution in [2.75, 3.05) is 23.3 Å². The minimum Gasteiger partial charge on any atom is -0.361 e. The van der Waals surface area contributed by atoms with Gasteiger partial charge in [0.05, 0.1) is 24.0 Å². The zero-order valence-corrected chi connectivity index (χ0v) is 18.5. The molecular formula is C21H21F5N6O2. The summed E-state index contributed by atoms with van der Waals surface area (Å²) in [5.74, 6) is -3.22. The van der Waals surface area contributed by atoms with Gasteiger partial charge in [-0.25, -0.2) is 18.4 Å². The van der Waals surface area contributed by atoms with E-state index < -0.39 is 36.7 Å². The second-order valence-corrected chi connectivity index (χ2v) is 8.33. The standard InChI is InChI=1S/C21H21F5N6O2/c1-11(21(24,25)26)32-19(34)16(31-5-4-20(22,23)10-31)7-15(29-32)14-9-30(3)17-8-27-18(6-13(14)17)28-12(2)33/h6-9,11H,4-5,10H2,1-3H3,(H,27,28,33)/t11-/m0/s1. The maximum atomic E-state index is 13.9. The number of halogens is 5. The predicted molar refractivity (Wildman–Crippen MR) is 115 cm³/mol. The molecule has 0 aliphatic carbocycles. The third-order valence-corrected chi connectivity index (χ3v) is 5.72. The van der Waals surface area contributed by atoms with E-state index in [0.717, 1.165) is 11.8 Å². The van der Waals surface area contributed by atoms with Crippen molar-refractivity contribution < 1.29 is 26.7 Å². The van der Waals surface area contributed by atoms with Crippen molar-refractivity contribution in [1.29, 1.82) is 0 Å². The fourth-order valence-electron chi connectivity index (χ4n) is 3.93. The molecule has 1 N–H and O–H groups in total. The highest BCUT2D eigenvalue weighted by Gasteiger charge is 2.42. The van der Waals surface area contributed by atoms with E-state index in [1.54, 1.807) is 17.8 Å². The van der Waals surface area contributed by atoms with Crippen LogP contribution in [0, 0.1) is 0 Å². The highest BCUT2D eigenvalue weighted by Crippen LogP contribution is 2.35. The molecule has 34 heavy (non-hydrogen) atoms. The summed E-state index contributed by atoms with van der Waals surface area (Å²) >= 11 is 0. The van der Waals surface area contributed by atoms with E-state index in [-0.39, 0.29) is 34.3 Å². The van der Waals surface area contributed by atoms with Gasteiger partial charge in [-0.15, -0.1) is 0 Å². The summed E-state index contributed by atoms with van der Waals surface area (Å²) in [6.45, 7) is 1.12. The Kier molecular flexibility index (Phi) is 5.61. The van der Waals surface area contributed by atoms with Gasteiger partial charge in [-0.1, -0.05) is 0 Å². The second kappa shape index (κ2) is 8.06. The van der Waals surface area contributed by atoms with Crippen molar-refractivity contribution in [2.24, 2.45) is 7.05 Å². The molecule has 13 heteroatoms. The van der Waals surface area contributed by atoms with Gasteiger partial charge < -0.3 is 14.8 Å². The van der Waals surface area contributed by atoms with Crippen LogP contribution in [0.3, 0.4) is 0 Å². The lowest BCUT2D eigenvalue weighted by Gasteiger charge is -2.23. The minimum atomic E-state index is -4.79. The van der Waals surface area contributed by atoms with Crippen molar-refractivity contribution >= 4 is 28.3 Å². The van der Waals surface area contributed by atoms with Crippen LogP contribution in [0.5, 0.6) is 0 Å². The Bertz CT molecular complexity index is 1330. The lowest BCUT2D eigenvalue weighted by Crippen LogP contribution is -2.38. The molecule has 0 saturated carbocycles. The smallest absolute Gasteiger partial charge is 0.361 e. The van der Waals surface area contributed by atoms with Gasteiger partial charge >= 0.3 is 6.18 Å². The number of hydrogen-bond donors (Lipinski definition) is 1. The Morgan fingerprint density at radius 2 is 1.97 bits per heavy atom. The van der Waals surface area contributed by atoms with E-state index in [4.69, 9.17) is 0 Å². The fourth-order valence-corrected chi connectivity index (χ4v) is 3.93. The number of carbonyl (C=O) groups is 1. The maximum Gasteiger partial charge on any atom is 0.410 e. The highest BCUT2D eigenvalue weighted by atomic mass is 19.4. The number of carbonyl (C=O) groups excluding carboxylic acids is 1. The van der Waals surface area contributed by atoms with Crippen LogP contribution in [0.1, 0.15) is 26.3 Å². The Balaban J connectivity index is 1.94. The molecule has 3 aromatic rings. The number of hydrogen-bond acceptors (Lipinski definition) is 5. The Morgan fingerprint density at radius 3 is 2.56 bits per heavy atom. The number of rotatable bonds is 4. The molecule has 0 spiro atoms. The lowest BCUT2D eigenvalue weighted by atomic mass is 10.1. The molecule has 1 fully saturated rings. The summed E-state index contributed by atoms with van der Waals surface area (Å²) in [6.07, 6.45) is -2.25. The number of aromatic nitrogens is 4. The SMILES string of the molecule is CC(=O)Nc1cc2c(-c3cc(N4CCC(F)(F)C4)c(=O)n([C@@H](C)C(F)(F)F)n3)cn(C)c2cn1. The second-order valence-electron chi connectivity index (χ2n) is 8.33. The number of nitrogens with zero attached hydrogens (tertiary/aromatic N) is 5. The van der Waals surface area contributed by atoms with E-state index in [1.807, 2.05) is 0 Å². The van der Waals surface area contributed by atoms with E-state index in [1.165, 1.54) is 25.3 Å². The van der Waals surface area contributed by atoms with Crippen molar-refractivity contribution in [1.82, 2.24) is 19.3 Å². The molecule has 1 saturated heterocycles. The third kappa shape index (κ3) is 4.33. The van der Waals surface area contributed by atoms with Gasteiger partial charge in [0.25, 0.3) is 11.5 Å². The zero-order valence-electron chi connectivity index (χ0n) is 18.5. The van der Waals surface area contributed by atoms with Gasteiger partial charge in [0.1, 0.15) is 17.5 Å². The Hall–Kier alpha value is -3.51. The monoisotopic (exact) mass is 484 g/mol. The fraction of sp³-hybridized carbons (Fsp3) is 0.429. The number of aryl methyl sites for hydroxylation is 1. The van der Waals surface area contributed by atoms with Crippen LogP contribution in [0.25, 0.3) is 22.2 Å². The van der Waals surface area contributed by atoms with Gasteiger partial charge in [0.15, 0.2) is 0 Å². The van der Waals surface area contributed by atoms with Gasteiger partial charge in [0.2, 0.25) is 5.91 Å². The molecular weight excluding hydrogens is 463 g/mol. The van der Waals surface area contributed by atoms with Crippen molar-refractivity contribution in [3.8, 4) is 11.3 Å². The quantitative estimate of drug-likeness (QED) is 0.571. The molecule has 8 nitrogen and oxygen atoms in total. The summed E-state index contributed by atoms with van der Waals surface area (Å²) in [4.78, 5) is 29.6. The molecule has 0 unspecified atom stereocenters. The number of alkyl halides is 5. The summed E-state index contributed by atoms with van der Waals surface area (Å²) in [5, 5.41) is 7.01. The first kappa shape index (κ1) is 23.6. The topological polar surface area (TPSA) is 85.0 Å². The molecule has 1 aliphatic rings. The molecule has 1 amide bonds. The van der Waals surface area contributed by atoms with E-state index >= 15 is 0 Å². The average Bonchev–Trinajstić information content (AvgIpc) is 3.25. The molecule has 0 aromatic carbocycles. The molecule has 4 rings (SSSR count). The normalized spacial score (nSPS) is 16.8. The summed E-state index contributed by atoms with van der Waals surface area (Å²) in [6, 6.07) is 0.477. The largest absolute Gasteiger partial charge is 0.410 e. The third-order valence-electron chi connectivity index (χ3n) is 5.72. The molecule has 4 heterocycles. The number of fused-ring (bicyclic) bond motifs is 1. The van der Waals surface area contributed by atoms with Crippen molar-refractivity contribution in [2.45, 2.75) is 38.4 Å². The summed E-state index contributed by atoms with van der Waals surface area (Å²) in [7, 11) is 1.68. The summed E-state index contributed by atoms with van der Waals surface area (Å²) in [5.41, 5.74) is -0.464. The van der Waals surface area contributed by atoms with Crippen LogP contribution in [-0.2, 0) is 11.8 Å². The van der Waals surface area contributed by atoms with Gasteiger partial charge in [-0.2, -0.15) is 18.3 Å². The van der Waals surface area contributed by atoms with Crippen LogP contribution in [0.15, 0.2) is 29.3 Å². The number of nitrogens with one attached hydrogen (secondary N) is 1. The molecule has 0 radical (unpaired) electrons. The van der Waals surface area contributed by atoms with Gasteiger partial charge in [-0.05, 0) is 19.1 Å². The summed E-state index contributed by atoms with van der Waals surface area (Å²) < 4.78 is 70.2. The molecule has 1 atom stereocenters. The number of anilines is 2. The molecule has 0 bridgehead atoms. The van der Waals surface area contributed by atoms with Crippen LogP contribution in [0.2, 0.25) is 0 Å². The maximum absolute atomic E-state index is 13.9. The van der Waals surface area contributed by atoms with Crippen molar-refractivity contribution in [3.63, 3.8) is 0 Å². The van der Waals surface area contributed by atoms with Gasteiger partial charge in [0, 0.05) is 44.1 Å². The van der Waals surface area contributed by atoms with Crippen LogP contribution < -0.4 is 15.8 Å². The average molecular weight is 484 g/mol. The van der Waals surface area contributed by atoms with E-state index in [2.05, 4.69) is 15.4 Å². The first-order chi connectivity index (χ1) is 15.8. The number of pyridine rings is 1. The minimum absolute atomic E-state index is 0.00788. The predicted octanol–water partition coefficient (Wildman–Crippen LogP) is 3.72. The first-order valence-corrected chi connectivity index (χ1v) is 10.3. The van der Waals surface area contributed by atoms with Crippen molar-refractivity contribution in [3.05, 3.63) is 34.9 Å². The van der Waals surface area contributed by atoms with Gasteiger partial charge in [-0.3, -0.25) is 9.59 Å². The van der Waals surface area contributed by atoms with Crippen LogP contribution in [0.4, 0.5) is 33.5 Å². The highest BCUT2D eigenvalue weighted by molar-refractivity contribution is 5.98. The molecule has 182 valence electrons. The Labute approximate surface area is 190 Å². The van der Waals surface area contributed by atoms with E-state index in [0.29, 0.717) is 16.5 Å². The lowest BCUT2D eigenvalue weighted by molar-refractivity contribution is -0.166. The van der Waals surface area contributed by atoms with Crippen LogP contribution in [-0.4, -0.2) is 50.4 Å². The Morgan fingerprint density at radius 1 is 1.26 bits per heavy atom. The first-order valence-electron chi connectivity index (χ1n) is 10.3. The zero-order chi connectivity index (χ0) is 25.0. The molecule has 3 aromatic heterocycles. The van der Waals surface area contributed by atoms with Crippen LogP contribution >= 0.6 is 0 Å². The number of amides is 1. The molecule has 1 aliphatic heterocycles. The van der Waals surface area contributed by atoms with E-state index in [9.17, 15) is 31.5 Å².